The van der Waals surface area contributed by atoms with Gasteiger partial charge in [-0.25, -0.2) is 0 Å². The lowest BCUT2D eigenvalue weighted by atomic mass is 10.2. The average Bonchev–Trinajstić information content (AvgIpc) is 2.21. The number of carbonyl (C=O) groups excluding carboxylic acids is 2. The summed E-state index contributed by atoms with van der Waals surface area (Å²) in [4.78, 5) is 22.4. The van der Waals surface area contributed by atoms with E-state index in [1.54, 1.807) is 0 Å². The lowest BCUT2D eigenvalue weighted by Gasteiger charge is -2.20. The molecule has 0 saturated carbocycles. The van der Waals surface area contributed by atoms with Crippen LogP contribution in [0.2, 0.25) is 0 Å². The molecule has 7 nitrogen and oxygen atoms in total. The number of aliphatic hydroxyl groups excluding tert-OH is 2. The van der Waals surface area contributed by atoms with Crippen molar-refractivity contribution < 1.29 is 28.9 Å². The van der Waals surface area contributed by atoms with Gasteiger partial charge in [-0.2, -0.15) is 4.19 Å². The van der Waals surface area contributed by atoms with Crippen molar-refractivity contribution in [1.29, 1.82) is 0 Å². The van der Waals surface area contributed by atoms with Gasteiger partial charge in [0.25, 0.3) is 11.4 Å². The van der Waals surface area contributed by atoms with E-state index in [-0.39, 0.29) is 4.19 Å². The summed E-state index contributed by atoms with van der Waals surface area (Å²) in [5.41, 5.74) is -1.70. The maximum absolute atomic E-state index is 11.3. The molecule has 0 radical (unpaired) electrons. The SMILES string of the molecule is O=C(C(O)C(O)C(=O)P(=O)(Cl)Cl)N(Cl)P(=O)(Cl)Cl. The molecule has 0 aromatic carbocycles. The van der Waals surface area contributed by atoms with E-state index in [9.17, 15) is 28.9 Å². The summed E-state index contributed by atoms with van der Waals surface area (Å²) in [5.74, 6) is -10.4. The van der Waals surface area contributed by atoms with Gasteiger partial charge in [0.1, 0.15) is 0 Å². The van der Waals surface area contributed by atoms with Crippen LogP contribution in [0, 0.1) is 0 Å². The van der Waals surface area contributed by atoms with Crippen LogP contribution in [-0.4, -0.2) is 38.0 Å². The van der Waals surface area contributed by atoms with Gasteiger partial charge in [-0.1, -0.05) is 0 Å². The first-order valence-corrected chi connectivity index (χ1v) is 11.0. The summed E-state index contributed by atoms with van der Waals surface area (Å²) in [5, 5.41) is 18.4. The average molecular weight is 401 g/mol. The molecule has 18 heavy (non-hydrogen) atoms. The second-order valence-corrected chi connectivity index (χ2v) is 12.6. The Hall–Kier alpha value is 0.970. The van der Waals surface area contributed by atoms with E-state index in [1.807, 2.05) is 0 Å². The monoisotopic (exact) mass is 399 g/mol. The van der Waals surface area contributed by atoms with E-state index in [4.69, 9.17) is 56.7 Å². The van der Waals surface area contributed by atoms with Crippen LogP contribution in [0.15, 0.2) is 0 Å². The molecule has 0 aliphatic rings. The lowest BCUT2D eigenvalue weighted by Crippen LogP contribution is -2.42. The highest BCUT2D eigenvalue weighted by molar-refractivity contribution is 8.19. The second kappa shape index (κ2) is 6.61. The molecule has 0 aromatic rings. The van der Waals surface area contributed by atoms with Crippen LogP contribution >= 0.6 is 68.6 Å². The number of aliphatic hydroxyl groups is 2. The van der Waals surface area contributed by atoms with Crippen molar-refractivity contribution >= 4 is 80.0 Å². The van der Waals surface area contributed by atoms with Crippen molar-refractivity contribution in [2.75, 3.05) is 0 Å². The number of halogens is 5. The Morgan fingerprint density at radius 2 is 1.39 bits per heavy atom. The molecule has 0 aliphatic carbocycles. The van der Waals surface area contributed by atoms with E-state index in [0.29, 0.717) is 0 Å². The number of nitrogens with zero attached hydrogens (tertiary/aromatic N) is 1. The third-order valence-corrected chi connectivity index (χ3v) is 6.01. The number of rotatable bonds is 5. The molecule has 2 unspecified atom stereocenters. The molecule has 2 atom stereocenters. The summed E-state index contributed by atoms with van der Waals surface area (Å²) in [6, 6.07) is 0. The fourth-order valence-corrected chi connectivity index (χ4v) is 2.59. The van der Waals surface area contributed by atoms with Gasteiger partial charge in [0.15, 0.2) is 12.2 Å². The molecule has 0 fully saturated rings. The van der Waals surface area contributed by atoms with Crippen molar-refractivity contribution in [3.8, 4) is 0 Å². The molecule has 0 spiro atoms. The van der Waals surface area contributed by atoms with Gasteiger partial charge in [-0.15, -0.1) is 0 Å². The Morgan fingerprint density at radius 1 is 1.00 bits per heavy atom. The molecule has 0 bridgehead atoms. The Bertz CT molecular complexity index is 445. The van der Waals surface area contributed by atoms with Gasteiger partial charge in [0.2, 0.25) is 0 Å². The molecule has 0 aromatic heterocycles. The van der Waals surface area contributed by atoms with Crippen LogP contribution in [0.5, 0.6) is 0 Å². The highest BCUT2D eigenvalue weighted by atomic mass is 35.9. The van der Waals surface area contributed by atoms with Crippen molar-refractivity contribution in [3.63, 3.8) is 0 Å². The van der Waals surface area contributed by atoms with Gasteiger partial charge >= 0.3 is 11.8 Å². The molecule has 14 heteroatoms. The first-order chi connectivity index (χ1) is 7.80. The molecular weight excluding hydrogens is 397 g/mol. The zero-order valence-corrected chi connectivity index (χ0v) is 13.5. The summed E-state index contributed by atoms with van der Waals surface area (Å²) >= 11 is 25.0. The third kappa shape index (κ3) is 5.16. The number of hydrogen-bond donors (Lipinski definition) is 2. The minimum absolute atomic E-state index is 0.301. The summed E-state index contributed by atoms with van der Waals surface area (Å²) < 4.78 is 21.6. The van der Waals surface area contributed by atoms with Crippen LogP contribution in [-0.2, 0) is 18.7 Å². The van der Waals surface area contributed by atoms with Gasteiger partial charge < -0.3 is 10.2 Å². The third-order valence-electron chi connectivity index (χ3n) is 1.45. The fraction of sp³-hybridized carbons (Fsp3) is 0.500. The second-order valence-electron chi connectivity index (χ2n) is 2.72. The van der Waals surface area contributed by atoms with Gasteiger partial charge in [0.05, 0.1) is 0 Å². The predicted molar refractivity (Wildman–Crippen MR) is 68.3 cm³/mol. The molecular formula is C4H4Cl5NO6P2. The quantitative estimate of drug-likeness (QED) is 0.541. The molecule has 0 rings (SSSR count). The standard InChI is InChI=1S/C4H4Cl5NO6P2/c5-10(18(8,9)16)3(13)1(11)2(12)4(14)17(6,7)15/h1-2,11-12H. The van der Waals surface area contributed by atoms with Crippen LogP contribution in [0.1, 0.15) is 0 Å². The first-order valence-electron chi connectivity index (χ1n) is 3.69. The molecule has 0 aliphatic heterocycles. The molecule has 0 saturated heterocycles. The van der Waals surface area contributed by atoms with Gasteiger partial charge in [0, 0.05) is 11.8 Å². The lowest BCUT2D eigenvalue weighted by molar-refractivity contribution is -0.142. The highest BCUT2D eigenvalue weighted by Gasteiger charge is 2.43. The van der Waals surface area contributed by atoms with Crippen molar-refractivity contribution in [2.45, 2.75) is 12.2 Å². The Morgan fingerprint density at radius 3 is 1.67 bits per heavy atom. The maximum atomic E-state index is 11.3. The van der Waals surface area contributed by atoms with Gasteiger partial charge in [-0.3, -0.25) is 18.7 Å². The molecule has 1 amide bonds. The van der Waals surface area contributed by atoms with E-state index < -0.39 is 35.5 Å². The molecule has 2 N–H and O–H groups in total. The van der Waals surface area contributed by atoms with E-state index in [2.05, 4.69) is 0 Å². The Labute approximate surface area is 125 Å². The summed E-state index contributed by atoms with van der Waals surface area (Å²) in [6.45, 7) is 0. The zero-order chi connectivity index (χ0) is 14.9. The van der Waals surface area contributed by atoms with Crippen LogP contribution in [0.4, 0.5) is 0 Å². The summed E-state index contributed by atoms with van der Waals surface area (Å²) in [7, 11) is 0. The topological polar surface area (TPSA) is 112 Å². The first kappa shape index (κ1) is 19.0. The van der Waals surface area contributed by atoms with E-state index in [1.165, 1.54) is 0 Å². The van der Waals surface area contributed by atoms with E-state index in [0.717, 1.165) is 0 Å². The van der Waals surface area contributed by atoms with Crippen LogP contribution < -0.4 is 0 Å². The zero-order valence-electron chi connectivity index (χ0n) is 7.91. The summed E-state index contributed by atoms with van der Waals surface area (Å²) in [6.07, 6.45) is -5.08. The largest absolute Gasteiger partial charge is 0.381 e. The minimum Gasteiger partial charge on any atom is -0.381 e. The number of amides is 1. The van der Waals surface area contributed by atoms with Crippen LogP contribution in [0.3, 0.4) is 0 Å². The maximum Gasteiger partial charge on any atom is 0.362 e. The Kier molecular flexibility index (Phi) is 6.97. The fourth-order valence-electron chi connectivity index (χ4n) is 0.648. The Balaban J connectivity index is 5.03. The molecule has 0 heterocycles. The van der Waals surface area contributed by atoms with E-state index >= 15 is 0 Å². The van der Waals surface area contributed by atoms with Crippen molar-refractivity contribution in [1.82, 2.24) is 4.19 Å². The van der Waals surface area contributed by atoms with Crippen molar-refractivity contribution in [3.05, 3.63) is 0 Å². The smallest absolute Gasteiger partial charge is 0.362 e. The van der Waals surface area contributed by atoms with Gasteiger partial charge in [-0.05, 0) is 45.0 Å². The molecule has 106 valence electrons. The minimum atomic E-state index is -4.43. The predicted octanol–water partition coefficient (Wildman–Crippen LogP) is 2.47. The van der Waals surface area contributed by atoms with Crippen molar-refractivity contribution in [2.24, 2.45) is 0 Å². The number of hydrogen-bond acceptors (Lipinski definition) is 6. The van der Waals surface area contributed by atoms with Crippen LogP contribution in [0.25, 0.3) is 0 Å². The highest BCUT2D eigenvalue weighted by Crippen LogP contribution is 2.61. The number of carbonyl (C=O) groups is 2. The normalized spacial score (nSPS) is 15.9.